The molecule has 0 aliphatic carbocycles. The molecule has 0 fully saturated rings. The van der Waals surface area contributed by atoms with Gasteiger partial charge in [-0.05, 0) is 58.7 Å². The van der Waals surface area contributed by atoms with E-state index in [-0.39, 0.29) is 17.5 Å². The summed E-state index contributed by atoms with van der Waals surface area (Å²) in [6.07, 6.45) is -0.562. The van der Waals surface area contributed by atoms with E-state index in [0.29, 0.717) is 5.56 Å². The van der Waals surface area contributed by atoms with E-state index in [1.807, 2.05) is 13.0 Å². The van der Waals surface area contributed by atoms with E-state index >= 15 is 0 Å². The Morgan fingerprint density at radius 3 is 2.42 bits per heavy atom. The number of aryl methyl sites for hydroxylation is 2. The monoisotopic (exact) mass is 356 g/mol. The molecule has 0 heterocycles. The Bertz CT molecular complexity index is 693. The third-order valence-electron chi connectivity index (χ3n) is 3.33. The van der Waals surface area contributed by atoms with Gasteiger partial charge in [-0.25, -0.2) is 13.2 Å². The van der Waals surface area contributed by atoms with E-state index in [4.69, 9.17) is 4.74 Å². The van der Waals surface area contributed by atoms with Crippen LogP contribution in [-0.4, -0.2) is 44.1 Å². The minimum atomic E-state index is -3.62. The normalized spacial score (nSPS) is 13.7. The maximum Gasteiger partial charge on any atom is 0.407 e. The van der Waals surface area contributed by atoms with Crippen LogP contribution in [-0.2, 0) is 14.8 Å². The number of nitrogens with one attached hydrogen (secondary N) is 1. The van der Waals surface area contributed by atoms with Crippen LogP contribution in [0, 0.1) is 13.8 Å². The maximum absolute atomic E-state index is 12.7. The highest BCUT2D eigenvalue weighted by atomic mass is 32.2. The van der Waals surface area contributed by atoms with Gasteiger partial charge < -0.3 is 10.1 Å². The Morgan fingerprint density at radius 2 is 1.88 bits per heavy atom. The van der Waals surface area contributed by atoms with E-state index in [1.165, 1.54) is 11.4 Å². The van der Waals surface area contributed by atoms with Crippen molar-refractivity contribution in [1.82, 2.24) is 9.62 Å². The Labute approximate surface area is 145 Å². The van der Waals surface area contributed by atoms with Crippen molar-refractivity contribution in [3.63, 3.8) is 0 Å². The zero-order valence-electron chi connectivity index (χ0n) is 15.5. The molecular weight excluding hydrogens is 328 g/mol. The molecule has 0 radical (unpaired) electrons. The van der Waals surface area contributed by atoms with Gasteiger partial charge in [0.1, 0.15) is 5.60 Å². The van der Waals surface area contributed by atoms with Crippen molar-refractivity contribution in [2.45, 2.75) is 58.1 Å². The lowest BCUT2D eigenvalue weighted by atomic mass is 10.2. The number of hydrogen-bond acceptors (Lipinski definition) is 4. The molecule has 1 rings (SSSR count). The summed E-state index contributed by atoms with van der Waals surface area (Å²) >= 11 is 0. The van der Waals surface area contributed by atoms with Gasteiger partial charge in [-0.15, -0.1) is 0 Å². The van der Waals surface area contributed by atoms with Crippen LogP contribution in [0.4, 0.5) is 4.79 Å². The lowest BCUT2D eigenvalue weighted by molar-refractivity contribution is 0.0504. The highest BCUT2D eigenvalue weighted by Gasteiger charge is 2.25. The Balaban J connectivity index is 2.81. The molecule has 1 aromatic carbocycles. The smallest absolute Gasteiger partial charge is 0.407 e. The lowest BCUT2D eigenvalue weighted by Gasteiger charge is -2.25. The van der Waals surface area contributed by atoms with Gasteiger partial charge in [0.15, 0.2) is 0 Å². The van der Waals surface area contributed by atoms with Crippen LogP contribution in [0.1, 0.15) is 38.8 Å². The topological polar surface area (TPSA) is 75.7 Å². The lowest BCUT2D eigenvalue weighted by Crippen LogP contribution is -2.44. The van der Waals surface area contributed by atoms with E-state index in [9.17, 15) is 13.2 Å². The second kappa shape index (κ2) is 7.53. The quantitative estimate of drug-likeness (QED) is 0.880. The van der Waals surface area contributed by atoms with Crippen LogP contribution < -0.4 is 5.32 Å². The van der Waals surface area contributed by atoms with Crippen molar-refractivity contribution in [3.05, 3.63) is 29.3 Å². The van der Waals surface area contributed by atoms with Gasteiger partial charge in [-0.3, -0.25) is 0 Å². The minimum absolute atomic E-state index is 0.148. The standard InChI is InChI=1S/C17H28N2O4S/c1-12-8-9-13(2)15(10-12)24(21,22)19(7)11-14(3)18-16(20)23-17(4,5)6/h8-10,14H,11H2,1-7H3,(H,18,20)/t14-/m1/s1. The van der Waals surface area contributed by atoms with Crippen LogP contribution in [0.25, 0.3) is 0 Å². The van der Waals surface area contributed by atoms with Crippen LogP contribution in [0.2, 0.25) is 0 Å². The van der Waals surface area contributed by atoms with Crippen molar-refractivity contribution >= 4 is 16.1 Å². The average Bonchev–Trinajstić information content (AvgIpc) is 2.38. The summed E-state index contributed by atoms with van der Waals surface area (Å²) in [7, 11) is -2.11. The molecule has 0 bridgehead atoms. The summed E-state index contributed by atoms with van der Waals surface area (Å²) in [5.41, 5.74) is 0.980. The molecule has 1 amide bonds. The van der Waals surface area contributed by atoms with Crippen molar-refractivity contribution in [2.24, 2.45) is 0 Å². The number of rotatable bonds is 5. The first-order valence-electron chi connectivity index (χ1n) is 7.86. The number of nitrogens with zero attached hydrogens (tertiary/aromatic N) is 1. The van der Waals surface area contributed by atoms with Crippen LogP contribution in [0.5, 0.6) is 0 Å². The molecule has 0 aromatic heterocycles. The molecule has 0 aliphatic rings. The number of sulfonamides is 1. The zero-order valence-corrected chi connectivity index (χ0v) is 16.3. The fourth-order valence-electron chi connectivity index (χ4n) is 2.19. The zero-order chi connectivity index (χ0) is 18.7. The fraction of sp³-hybridized carbons (Fsp3) is 0.588. The molecule has 0 unspecified atom stereocenters. The van der Waals surface area contributed by atoms with Crippen molar-refractivity contribution in [3.8, 4) is 0 Å². The number of ether oxygens (including phenoxy) is 1. The number of carbonyl (C=O) groups is 1. The molecule has 1 N–H and O–H groups in total. The molecule has 0 saturated carbocycles. The predicted octanol–water partition coefficient (Wildman–Crippen LogP) is 2.84. The summed E-state index contributed by atoms with van der Waals surface area (Å²) in [6, 6.07) is 4.94. The fourth-order valence-corrected chi connectivity index (χ4v) is 3.76. The van der Waals surface area contributed by atoms with Crippen LogP contribution in [0.15, 0.2) is 23.1 Å². The van der Waals surface area contributed by atoms with Gasteiger partial charge in [-0.1, -0.05) is 12.1 Å². The van der Waals surface area contributed by atoms with Gasteiger partial charge in [0, 0.05) is 19.6 Å². The minimum Gasteiger partial charge on any atom is -0.444 e. The third kappa shape index (κ3) is 5.79. The molecule has 7 heteroatoms. The number of carbonyl (C=O) groups excluding carboxylic acids is 1. The van der Waals surface area contributed by atoms with Crippen molar-refractivity contribution < 1.29 is 17.9 Å². The first kappa shape index (κ1) is 20.4. The van der Waals surface area contributed by atoms with E-state index < -0.39 is 21.7 Å². The molecule has 0 saturated heterocycles. The molecule has 24 heavy (non-hydrogen) atoms. The number of alkyl carbamates (subject to hydrolysis) is 1. The predicted molar refractivity (Wildman–Crippen MR) is 94.6 cm³/mol. The Morgan fingerprint density at radius 1 is 1.29 bits per heavy atom. The maximum atomic E-state index is 12.7. The highest BCUT2D eigenvalue weighted by molar-refractivity contribution is 7.89. The molecule has 1 aromatic rings. The largest absolute Gasteiger partial charge is 0.444 e. The molecule has 6 nitrogen and oxygen atoms in total. The summed E-state index contributed by atoms with van der Waals surface area (Å²) in [5, 5.41) is 2.65. The second-order valence-corrected chi connectivity index (χ2v) is 9.12. The number of likely N-dealkylation sites (N-methyl/N-ethyl adjacent to an activating group) is 1. The third-order valence-corrected chi connectivity index (χ3v) is 5.29. The Hall–Kier alpha value is -1.60. The second-order valence-electron chi connectivity index (χ2n) is 7.10. The van der Waals surface area contributed by atoms with Gasteiger partial charge in [-0.2, -0.15) is 4.31 Å². The Kier molecular flexibility index (Phi) is 6.41. The first-order chi connectivity index (χ1) is 10.8. The molecular formula is C17H28N2O4S. The SMILES string of the molecule is Cc1ccc(C)c(S(=O)(=O)N(C)C[C@@H](C)NC(=O)OC(C)(C)C)c1. The van der Waals surface area contributed by atoms with Gasteiger partial charge in [0.2, 0.25) is 10.0 Å². The van der Waals surface area contributed by atoms with Crippen molar-refractivity contribution in [2.75, 3.05) is 13.6 Å². The molecule has 1 atom stereocenters. The van der Waals surface area contributed by atoms with Gasteiger partial charge in [0.05, 0.1) is 4.90 Å². The highest BCUT2D eigenvalue weighted by Crippen LogP contribution is 2.20. The average molecular weight is 356 g/mol. The summed E-state index contributed by atoms with van der Waals surface area (Å²) in [4.78, 5) is 12.1. The van der Waals surface area contributed by atoms with Gasteiger partial charge >= 0.3 is 6.09 Å². The van der Waals surface area contributed by atoms with Crippen molar-refractivity contribution in [1.29, 1.82) is 0 Å². The summed E-state index contributed by atoms with van der Waals surface area (Å²) < 4.78 is 31.9. The van der Waals surface area contributed by atoms with Crippen LogP contribution in [0.3, 0.4) is 0 Å². The molecule has 136 valence electrons. The summed E-state index contributed by atoms with van der Waals surface area (Å²) in [6.45, 7) is 10.8. The van der Waals surface area contributed by atoms with E-state index in [1.54, 1.807) is 46.8 Å². The van der Waals surface area contributed by atoms with E-state index in [2.05, 4.69) is 5.32 Å². The number of benzene rings is 1. The number of hydrogen-bond donors (Lipinski definition) is 1. The molecule has 0 aliphatic heterocycles. The van der Waals surface area contributed by atoms with Crippen LogP contribution >= 0.6 is 0 Å². The van der Waals surface area contributed by atoms with E-state index in [0.717, 1.165) is 5.56 Å². The first-order valence-corrected chi connectivity index (χ1v) is 9.30. The van der Waals surface area contributed by atoms with Gasteiger partial charge in [0.25, 0.3) is 0 Å². The molecule has 0 spiro atoms. The number of amides is 1. The summed E-state index contributed by atoms with van der Waals surface area (Å²) in [5.74, 6) is 0.